The molecule has 1 fully saturated rings. The van der Waals surface area contributed by atoms with Crippen molar-refractivity contribution in [2.24, 2.45) is 0 Å². The fourth-order valence-electron chi connectivity index (χ4n) is 4.02. The number of piperidine rings is 1. The van der Waals surface area contributed by atoms with Crippen LogP contribution in [0.5, 0.6) is 0 Å². The second kappa shape index (κ2) is 9.90. The molecule has 1 aliphatic rings. The van der Waals surface area contributed by atoms with Gasteiger partial charge in [0.15, 0.2) is 0 Å². The highest BCUT2D eigenvalue weighted by atomic mass is 19.1. The van der Waals surface area contributed by atoms with E-state index in [9.17, 15) is 14.0 Å². The number of carbonyl (C=O) groups is 2. The van der Waals surface area contributed by atoms with E-state index in [2.05, 4.69) is 15.3 Å². The van der Waals surface area contributed by atoms with Crippen molar-refractivity contribution in [3.8, 4) is 0 Å². The lowest BCUT2D eigenvalue weighted by atomic mass is 9.95. The van der Waals surface area contributed by atoms with Crippen LogP contribution in [0, 0.1) is 19.7 Å². The van der Waals surface area contributed by atoms with Crippen LogP contribution < -0.4 is 5.32 Å². The molecule has 0 spiro atoms. The molecule has 2 aromatic carbocycles. The van der Waals surface area contributed by atoms with Crippen molar-refractivity contribution in [2.75, 3.05) is 18.4 Å². The summed E-state index contributed by atoms with van der Waals surface area (Å²) in [5.74, 6) is 0.307. The van der Waals surface area contributed by atoms with Gasteiger partial charge in [-0.25, -0.2) is 14.4 Å². The lowest BCUT2D eigenvalue weighted by Gasteiger charge is -2.31. The maximum atomic E-state index is 13.1. The van der Waals surface area contributed by atoms with Gasteiger partial charge in [0.25, 0.3) is 5.91 Å². The van der Waals surface area contributed by atoms with E-state index in [4.69, 9.17) is 0 Å². The number of carbonyl (C=O) groups excluding carboxylic acids is 2. The van der Waals surface area contributed by atoms with E-state index in [1.54, 1.807) is 13.1 Å². The predicted octanol–water partition coefficient (Wildman–Crippen LogP) is 4.43. The lowest BCUT2D eigenvalue weighted by molar-refractivity contribution is -0.131. The molecule has 33 heavy (non-hydrogen) atoms. The Hall–Kier alpha value is -3.61. The van der Waals surface area contributed by atoms with Crippen molar-refractivity contribution < 1.29 is 14.0 Å². The Morgan fingerprint density at radius 3 is 2.33 bits per heavy atom. The highest BCUT2D eigenvalue weighted by molar-refractivity contribution is 6.04. The van der Waals surface area contributed by atoms with E-state index in [-0.39, 0.29) is 23.5 Å². The van der Waals surface area contributed by atoms with E-state index in [0.717, 1.165) is 18.4 Å². The van der Waals surface area contributed by atoms with Crippen LogP contribution in [-0.2, 0) is 11.2 Å². The third-order valence-electron chi connectivity index (χ3n) is 6.03. The van der Waals surface area contributed by atoms with Crippen molar-refractivity contribution in [3.05, 3.63) is 88.8 Å². The minimum absolute atomic E-state index is 0.141. The molecule has 3 aromatic rings. The van der Waals surface area contributed by atoms with Gasteiger partial charge in [0.1, 0.15) is 11.6 Å². The average Bonchev–Trinajstić information content (AvgIpc) is 2.82. The molecule has 2 heterocycles. The largest absolute Gasteiger partial charge is 0.342 e. The van der Waals surface area contributed by atoms with Gasteiger partial charge in [-0.3, -0.25) is 9.59 Å². The zero-order valence-electron chi connectivity index (χ0n) is 18.8. The number of likely N-dealkylation sites (tertiary alicyclic amines) is 1. The first-order chi connectivity index (χ1) is 15.9. The Morgan fingerprint density at radius 2 is 1.70 bits per heavy atom. The molecule has 1 aliphatic heterocycles. The van der Waals surface area contributed by atoms with Crippen molar-refractivity contribution >= 4 is 17.5 Å². The van der Waals surface area contributed by atoms with Gasteiger partial charge >= 0.3 is 0 Å². The number of anilines is 1. The maximum Gasteiger partial charge on any atom is 0.259 e. The molecule has 0 radical (unpaired) electrons. The number of nitrogens with one attached hydrogen (secondary N) is 1. The average molecular weight is 447 g/mol. The van der Waals surface area contributed by atoms with E-state index >= 15 is 0 Å². The topological polar surface area (TPSA) is 75.2 Å². The normalized spacial score (nSPS) is 14.2. The van der Waals surface area contributed by atoms with Crippen LogP contribution in [0.25, 0.3) is 0 Å². The fourth-order valence-corrected chi connectivity index (χ4v) is 4.02. The highest BCUT2D eigenvalue weighted by Crippen LogP contribution is 2.26. The summed E-state index contributed by atoms with van der Waals surface area (Å²) in [6.45, 7) is 5.16. The molecule has 0 aliphatic carbocycles. The predicted molar refractivity (Wildman–Crippen MR) is 125 cm³/mol. The van der Waals surface area contributed by atoms with Crippen LogP contribution in [0.1, 0.15) is 51.8 Å². The summed E-state index contributed by atoms with van der Waals surface area (Å²) in [4.78, 5) is 36.2. The first kappa shape index (κ1) is 22.6. The van der Waals surface area contributed by atoms with E-state index in [0.29, 0.717) is 42.3 Å². The van der Waals surface area contributed by atoms with Crippen molar-refractivity contribution in [3.63, 3.8) is 0 Å². The number of benzene rings is 2. The van der Waals surface area contributed by atoms with Crippen LogP contribution >= 0.6 is 0 Å². The SMILES string of the molecule is Cc1ccc(CC(=O)N2CCC(c3ncc(C(=O)Nc4ccc(F)cc4)c(C)n3)CC2)cc1. The third kappa shape index (κ3) is 5.61. The molecular weight excluding hydrogens is 419 g/mol. The fraction of sp³-hybridized carbons (Fsp3) is 0.308. The Labute approximate surface area is 192 Å². The summed E-state index contributed by atoms with van der Waals surface area (Å²) in [6, 6.07) is 13.7. The van der Waals surface area contributed by atoms with Crippen LogP contribution in [-0.4, -0.2) is 39.8 Å². The van der Waals surface area contributed by atoms with Crippen LogP contribution in [0.4, 0.5) is 10.1 Å². The van der Waals surface area contributed by atoms with Crippen LogP contribution in [0.15, 0.2) is 54.7 Å². The Morgan fingerprint density at radius 1 is 1.03 bits per heavy atom. The summed E-state index contributed by atoms with van der Waals surface area (Å²) < 4.78 is 13.1. The zero-order valence-corrected chi connectivity index (χ0v) is 18.8. The van der Waals surface area contributed by atoms with Gasteiger partial charge in [-0.05, 0) is 56.5 Å². The standard InChI is InChI=1S/C26H27FN4O2/c1-17-3-5-19(6-4-17)15-24(32)31-13-11-20(12-14-31)25-28-16-23(18(2)29-25)26(33)30-22-9-7-21(27)8-10-22/h3-10,16,20H,11-15H2,1-2H3,(H,30,33). The van der Waals surface area contributed by atoms with Gasteiger partial charge in [0, 0.05) is 30.9 Å². The number of nitrogens with zero attached hydrogens (tertiary/aromatic N) is 3. The molecule has 0 saturated carbocycles. The zero-order chi connectivity index (χ0) is 23.4. The molecule has 6 nitrogen and oxygen atoms in total. The highest BCUT2D eigenvalue weighted by Gasteiger charge is 2.26. The van der Waals surface area contributed by atoms with Gasteiger partial charge in [-0.1, -0.05) is 29.8 Å². The number of rotatable bonds is 5. The molecule has 0 unspecified atom stereocenters. The van der Waals surface area contributed by atoms with Gasteiger partial charge in [0.05, 0.1) is 17.7 Å². The van der Waals surface area contributed by atoms with Gasteiger partial charge < -0.3 is 10.2 Å². The molecule has 1 N–H and O–H groups in total. The number of hydrogen-bond donors (Lipinski definition) is 1. The maximum absolute atomic E-state index is 13.1. The van der Waals surface area contributed by atoms with Crippen molar-refractivity contribution in [1.29, 1.82) is 0 Å². The molecule has 1 aromatic heterocycles. The van der Waals surface area contributed by atoms with E-state index in [1.807, 2.05) is 36.1 Å². The summed E-state index contributed by atoms with van der Waals surface area (Å²) in [6.07, 6.45) is 3.55. The number of halogens is 1. The van der Waals surface area contributed by atoms with Gasteiger partial charge in [-0.2, -0.15) is 0 Å². The monoisotopic (exact) mass is 446 g/mol. The molecule has 7 heteroatoms. The Kier molecular flexibility index (Phi) is 6.77. The molecule has 0 atom stereocenters. The molecule has 2 amide bonds. The van der Waals surface area contributed by atoms with Gasteiger partial charge in [-0.15, -0.1) is 0 Å². The first-order valence-electron chi connectivity index (χ1n) is 11.1. The van der Waals surface area contributed by atoms with Crippen LogP contribution in [0.2, 0.25) is 0 Å². The summed E-state index contributed by atoms with van der Waals surface area (Å²) >= 11 is 0. The minimum atomic E-state index is -0.361. The first-order valence-corrected chi connectivity index (χ1v) is 11.1. The van der Waals surface area contributed by atoms with Crippen molar-refractivity contribution in [1.82, 2.24) is 14.9 Å². The van der Waals surface area contributed by atoms with E-state index < -0.39 is 0 Å². The second-order valence-corrected chi connectivity index (χ2v) is 8.51. The molecule has 0 bridgehead atoms. The number of amides is 2. The Bertz CT molecular complexity index is 1140. The molecule has 170 valence electrons. The lowest BCUT2D eigenvalue weighted by Crippen LogP contribution is -2.39. The molecule has 4 rings (SSSR count). The molecular formula is C26H27FN4O2. The number of aryl methyl sites for hydroxylation is 2. The second-order valence-electron chi connectivity index (χ2n) is 8.51. The minimum Gasteiger partial charge on any atom is -0.342 e. The Balaban J connectivity index is 1.34. The van der Waals surface area contributed by atoms with Gasteiger partial charge in [0.2, 0.25) is 5.91 Å². The quantitative estimate of drug-likeness (QED) is 0.629. The van der Waals surface area contributed by atoms with E-state index in [1.165, 1.54) is 29.8 Å². The number of hydrogen-bond acceptors (Lipinski definition) is 4. The molecule has 1 saturated heterocycles. The van der Waals surface area contributed by atoms with Crippen molar-refractivity contribution in [2.45, 2.75) is 39.0 Å². The third-order valence-corrected chi connectivity index (χ3v) is 6.03. The van der Waals surface area contributed by atoms with Crippen LogP contribution in [0.3, 0.4) is 0 Å². The summed E-state index contributed by atoms with van der Waals surface area (Å²) in [7, 11) is 0. The summed E-state index contributed by atoms with van der Waals surface area (Å²) in [5.41, 5.74) is 3.70. The number of aromatic nitrogens is 2. The smallest absolute Gasteiger partial charge is 0.259 e. The summed E-state index contributed by atoms with van der Waals surface area (Å²) in [5, 5.41) is 2.74.